The zero-order valence-electron chi connectivity index (χ0n) is 5.62. The van der Waals surface area contributed by atoms with Gasteiger partial charge in [-0.05, 0) is 13.8 Å². The summed E-state index contributed by atoms with van der Waals surface area (Å²) in [4.78, 5) is 4.00. The molecule has 56 valence electrons. The van der Waals surface area contributed by atoms with Gasteiger partial charge in [0.25, 0.3) is 0 Å². The van der Waals surface area contributed by atoms with E-state index in [-0.39, 0.29) is 0 Å². The number of rotatable bonds is 1. The fraction of sp³-hybridized carbons (Fsp3) is 0.400. The van der Waals surface area contributed by atoms with Crippen LogP contribution in [-0.2, 0) is 11.1 Å². The van der Waals surface area contributed by atoms with Gasteiger partial charge in [-0.3, -0.25) is 0 Å². The third-order valence-electron chi connectivity index (χ3n) is 1.02. The van der Waals surface area contributed by atoms with Gasteiger partial charge in [-0.1, -0.05) is 0 Å². The minimum atomic E-state index is -1.86. The van der Waals surface area contributed by atoms with E-state index in [4.69, 9.17) is 4.55 Å². The lowest BCUT2D eigenvalue weighted by Crippen LogP contribution is -1.85. The minimum absolute atomic E-state index is 0.456. The van der Waals surface area contributed by atoms with Gasteiger partial charge in [0, 0.05) is 0 Å². The van der Waals surface area contributed by atoms with E-state index in [1.807, 2.05) is 6.92 Å². The van der Waals surface area contributed by atoms with Crippen LogP contribution in [0.2, 0.25) is 0 Å². The van der Waals surface area contributed by atoms with Crippen molar-refractivity contribution in [3.8, 4) is 0 Å². The molecule has 1 unspecified atom stereocenters. The zero-order valence-corrected chi connectivity index (χ0v) is 7.25. The van der Waals surface area contributed by atoms with Crippen molar-refractivity contribution in [2.24, 2.45) is 0 Å². The van der Waals surface area contributed by atoms with Crippen molar-refractivity contribution in [3.05, 3.63) is 10.7 Å². The van der Waals surface area contributed by atoms with Crippen molar-refractivity contribution in [2.45, 2.75) is 18.1 Å². The summed E-state index contributed by atoms with van der Waals surface area (Å²) in [5.74, 6) is 0. The fourth-order valence-corrected chi connectivity index (χ4v) is 2.26. The summed E-state index contributed by atoms with van der Waals surface area (Å²) in [6.07, 6.45) is 0. The number of thiazole rings is 1. The third-order valence-corrected chi connectivity index (χ3v) is 3.18. The van der Waals surface area contributed by atoms with E-state index in [0.29, 0.717) is 9.90 Å². The maximum atomic E-state index is 10.5. The highest BCUT2D eigenvalue weighted by Crippen LogP contribution is 2.19. The topological polar surface area (TPSA) is 50.2 Å². The molecule has 1 heterocycles. The van der Waals surface area contributed by atoms with E-state index < -0.39 is 11.1 Å². The predicted molar refractivity (Wildman–Crippen MR) is 40.6 cm³/mol. The molecule has 0 amide bonds. The molecule has 0 saturated heterocycles. The van der Waals surface area contributed by atoms with Gasteiger partial charge in [0.2, 0.25) is 0 Å². The number of nitrogens with zero attached hydrogens (tertiary/aromatic N) is 1. The lowest BCUT2D eigenvalue weighted by molar-refractivity contribution is 0.566. The van der Waals surface area contributed by atoms with Gasteiger partial charge in [0.05, 0.1) is 10.7 Å². The summed E-state index contributed by atoms with van der Waals surface area (Å²) in [5.41, 5.74) is 0.656. The van der Waals surface area contributed by atoms with E-state index in [1.54, 1.807) is 6.92 Å². The summed E-state index contributed by atoms with van der Waals surface area (Å²) in [6, 6.07) is 0. The molecule has 0 aliphatic heterocycles. The Labute approximate surface area is 65.4 Å². The molecule has 10 heavy (non-hydrogen) atoms. The molecular formula is C5H7NO2S2. The fourth-order valence-electron chi connectivity index (χ4n) is 0.675. The first-order chi connectivity index (χ1) is 4.61. The van der Waals surface area contributed by atoms with Crippen molar-refractivity contribution in [3.63, 3.8) is 0 Å². The van der Waals surface area contributed by atoms with Crippen LogP contribution in [0.5, 0.6) is 0 Å². The van der Waals surface area contributed by atoms with E-state index in [0.717, 1.165) is 5.01 Å². The van der Waals surface area contributed by atoms with Gasteiger partial charge in [0.1, 0.15) is 4.21 Å². The van der Waals surface area contributed by atoms with E-state index in [1.165, 1.54) is 11.3 Å². The van der Waals surface area contributed by atoms with Crippen LogP contribution in [0.15, 0.2) is 4.21 Å². The Hall–Kier alpha value is -0.260. The van der Waals surface area contributed by atoms with E-state index >= 15 is 0 Å². The molecule has 0 bridgehead atoms. The number of aryl methyl sites for hydroxylation is 2. The Bertz CT molecular complexity index is 269. The standard InChI is InChI=1S/C5H7NO2S2/c1-3-5(10(7)8)9-4(2)6-3/h1-2H3,(H,7,8). The van der Waals surface area contributed by atoms with Gasteiger partial charge in [0.15, 0.2) is 11.1 Å². The Morgan fingerprint density at radius 3 is 2.40 bits per heavy atom. The van der Waals surface area contributed by atoms with Crippen LogP contribution >= 0.6 is 11.3 Å². The summed E-state index contributed by atoms with van der Waals surface area (Å²) in [5, 5.41) is 0.829. The average molecular weight is 177 g/mol. The Morgan fingerprint density at radius 2 is 2.20 bits per heavy atom. The van der Waals surface area contributed by atoms with Crippen molar-refractivity contribution in [1.82, 2.24) is 4.98 Å². The van der Waals surface area contributed by atoms with Crippen LogP contribution in [0.3, 0.4) is 0 Å². The summed E-state index contributed by atoms with van der Waals surface area (Å²) < 4.78 is 19.6. The van der Waals surface area contributed by atoms with Gasteiger partial charge < -0.3 is 4.55 Å². The monoisotopic (exact) mass is 177 g/mol. The number of aromatic nitrogens is 1. The molecule has 0 aromatic carbocycles. The van der Waals surface area contributed by atoms with Gasteiger partial charge in [-0.15, -0.1) is 11.3 Å². The van der Waals surface area contributed by atoms with Crippen molar-refractivity contribution >= 4 is 22.4 Å². The van der Waals surface area contributed by atoms with E-state index in [2.05, 4.69) is 4.98 Å². The Balaban J connectivity index is 3.15. The first-order valence-electron chi connectivity index (χ1n) is 2.66. The minimum Gasteiger partial charge on any atom is -0.302 e. The number of hydrogen-bond acceptors (Lipinski definition) is 3. The maximum absolute atomic E-state index is 10.5. The lowest BCUT2D eigenvalue weighted by Gasteiger charge is -1.85. The second-order valence-electron chi connectivity index (χ2n) is 1.85. The molecule has 0 aliphatic rings. The normalized spacial score (nSPS) is 13.5. The molecule has 0 aliphatic carbocycles. The van der Waals surface area contributed by atoms with Crippen molar-refractivity contribution < 1.29 is 8.76 Å². The Kier molecular flexibility index (Phi) is 2.18. The molecule has 1 rings (SSSR count). The largest absolute Gasteiger partial charge is 0.302 e. The summed E-state index contributed by atoms with van der Waals surface area (Å²) >= 11 is -0.602. The lowest BCUT2D eigenvalue weighted by atomic mass is 10.6. The molecule has 1 N–H and O–H groups in total. The molecule has 0 radical (unpaired) electrons. The predicted octanol–water partition coefficient (Wildman–Crippen LogP) is 1.34. The molecule has 1 aromatic rings. The van der Waals surface area contributed by atoms with Crippen molar-refractivity contribution in [1.29, 1.82) is 0 Å². The van der Waals surface area contributed by atoms with Crippen LogP contribution in [0.1, 0.15) is 10.7 Å². The maximum Gasteiger partial charge on any atom is 0.198 e. The first kappa shape index (κ1) is 7.84. The molecule has 5 heteroatoms. The molecule has 0 fully saturated rings. The summed E-state index contributed by atoms with van der Waals surface area (Å²) in [6.45, 7) is 3.54. The molecule has 3 nitrogen and oxygen atoms in total. The van der Waals surface area contributed by atoms with Gasteiger partial charge in [-0.25, -0.2) is 9.19 Å². The molecule has 1 aromatic heterocycles. The second kappa shape index (κ2) is 2.77. The quantitative estimate of drug-likeness (QED) is 0.658. The third kappa shape index (κ3) is 1.42. The van der Waals surface area contributed by atoms with Gasteiger partial charge in [-0.2, -0.15) is 0 Å². The van der Waals surface area contributed by atoms with Crippen LogP contribution in [0, 0.1) is 13.8 Å². The number of hydrogen-bond donors (Lipinski definition) is 1. The zero-order chi connectivity index (χ0) is 7.72. The second-order valence-corrected chi connectivity index (χ2v) is 4.22. The van der Waals surface area contributed by atoms with Gasteiger partial charge >= 0.3 is 0 Å². The summed E-state index contributed by atoms with van der Waals surface area (Å²) in [7, 11) is 0. The molecular weight excluding hydrogens is 170 g/mol. The smallest absolute Gasteiger partial charge is 0.198 e. The van der Waals surface area contributed by atoms with Crippen molar-refractivity contribution in [2.75, 3.05) is 0 Å². The first-order valence-corrected chi connectivity index (χ1v) is 4.58. The highest BCUT2D eigenvalue weighted by atomic mass is 32.2. The highest BCUT2D eigenvalue weighted by Gasteiger charge is 2.08. The average Bonchev–Trinajstić information content (AvgIpc) is 2.10. The molecule has 0 spiro atoms. The highest BCUT2D eigenvalue weighted by molar-refractivity contribution is 7.81. The van der Waals surface area contributed by atoms with Crippen LogP contribution in [-0.4, -0.2) is 13.7 Å². The Morgan fingerprint density at radius 1 is 1.60 bits per heavy atom. The van der Waals surface area contributed by atoms with Crippen LogP contribution in [0.25, 0.3) is 0 Å². The van der Waals surface area contributed by atoms with Crippen LogP contribution < -0.4 is 0 Å². The van der Waals surface area contributed by atoms with E-state index in [9.17, 15) is 4.21 Å². The molecule has 1 atom stereocenters. The SMILES string of the molecule is Cc1nc(C)c(S(=O)O)s1. The van der Waals surface area contributed by atoms with Crippen LogP contribution in [0.4, 0.5) is 0 Å². The molecule has 0 saturated carbocycles.